The standard InChI is InChI=1S/C30H34N6O2/c37-29(15-18-35-16-3-1-4-17-35)31-24-9-6-10-25(21-24)32-30-33-28-12-7-11-26(36(28)34-30)22-13-14-27-23(20-22)8-2-5-19-38-27/h6-7,9-14,20-21H,1-5,8,15-19H2,(H,31,37)(H,32,34). The Kier molecular flexibility index (Phi) is 7.22. The predicted octanol–water partition coefficient (Wildman–Crippen LogP) is 5.67. The van der Waals surface area contributed by atoms with E-state index in [1.54, 1.807) is 0 Å². The minimum atomic E-state index is 0.0365. The quantitative estimate of drug-likeness (QED) is 0.333. The maximum absolute atomic E-state index is 12.5. The van der Waals surface area contributed by atoms with Crippen molar-refractivity contribution in [3.8, 4) is 17.0 Å². The molecule has 8 heteroatoms. The van der Waals surface area contributed by atoms with Gasteiger partial charge in [-0.15, -0.1) is 5.10 Å². The Balaban J connectivity index is 1.16. The highest BCUT2D eigenvalue weighted by atomic mass is 16.5. The van der Waals surface area contributed by atoms with Gasteiger partial charge in [-0.2, -0.15) is 4.98 Å². The van der Waals surface area contributed by atoms with Gasteiger partial charge in [0, 0.05) is 29.9 Å². The van der Waals surface area contributed by atoms with Crippen molar-refractivity contribution in [3.63, 3.8) is 0 Å². The molecule has 0 aliphatic carbocycles. The van der Waals surface area contributed by atoms with Crippen LogP contribution in [0.3, 0.4) is 0 Å². The Labute approximate surface area is 223 Å². The lowest BCUT2D eigenvalue weighted by molar-refractivity contribution is -0.116. The molecule has 2 aliphatic heterocycles. The summed E-state index contributed by atoms with van der Waals surface area (Å²) >= 11 is 0. The van der Waals surface area contributed by atoms with Crippen LogP contribution in [0.5, 0.6) is 5.75 Å². The molecule has 4 aromatic rings. The molecule has 0 atom stereocenters. The highest BCUT2D eigenvalue weighted by Gasteiger charge is 2.15. The molecule has 0 spiro atoms. The second-order valence-corrected chi connectivity index (χ2v) is 10.2. The third-order valence-electron chi connectivity index (χ3n) is 7.32. The first-order valence-electron chi connectivity index (χ1n) is 13.7. The van der Waals surface area contributed by atoms with Crippen molar-refractivity contribution in [3.05, 3.63) is 66.2 Å². The molecule has 0 saturated carbocycles. The van der Waals surface area contributed by atoms with Crippen LogP contribution in [0, 0.1) is 0 Å². The molecule has 0 radical (unpaired) electrons. The molecule has 1 amide bonds. The summed E-state index contributed by atoms with van der Waals surface area (Å²) in [4.78, 5) is 19.6. The molecular weight excluding hydrogens is 476 g/mol. The number of nitrogens with one attached hydrogen (secondary N) is 2. The fourth-order valence-electron chi connectivity index (χ4n) is 5.32. The summed E-state index contributed by atoms with van der Waals surface area (Å²) in [6, 6.07) is 20.1. The lowest BCUT2D eigenvalue weighted by atomic mass is 10.0. The van der Waals surface area contributed by atoms with Crippen LogP contribution in [0.4, 0.5) is 17.3 Å². The number of aromatic nitrogens is 3. The van der Waals surface area contributed by atoms with Crippen molar-refractivity contribution in [1.29, 1.82) is 0 Å². The van der Waals surface area contributed by atoms with Crippen LogP contribution >= 0.6 is 0 Å². The zero-order valence-corrected chi connectivity index (χ0v) is 21.7. The van der Waals surface area contributed by atoms with Gasteiger partial charge in [0.2, 0.25) is 11.9 Å². The molecule has 2 aromatic heterocycles. The van der Waals surface area contributed by atoms with Crippen LogP contribution in [0.2, 0.25) is 0 Å². The largest absolute Gasteiger partial charge is 0.493 e. The Morgan fingerprint density at radius 2 is 1.79 bits per heavy atom. The highest BCUT2D eigenvalue weighted by molar-refractivity contribution is 5.91. The van der Waals surface area contributed by atoms with Gasteiger partial charge in [-0.25, -0.2) is 4.52 Å². The van der Waals surface area contributed by atoms with Crippen LogP contribution in [0.25, 0.3) is 16.9 Å². The number of hydrogen-bond acceptors (Lipinski definition) is 6. The molecule has 0 unspecified atom stereocenters. The van der Waals surface area contributed by atoms with Crippen molar-refractivity contribution in [2.24, 2.45) is 0 Å². The van der Waals surface area contributed by atoms with Crippen molar-refractivity contribution < 1.29 is 9.53 Å². The van der Waals surface area contributed by atoms with Crippen molar-refractivity contribution >= 4 is 28.9 Å². The first-order chi connectivity index (χ1) is 18.7. The van der Waals surface area contributed by atoms with Gasteiger partial charge in [0.25, 0.3) is 0 Å². The van der Waals surface area contributed by atoms with Gasteiger partial charge >= 0.3 is 0 Å². The third-order valence-corrected chi connectivity index (χ3v) is 7.32. The molecule has 2 aromatic carbocycles. The number of fused-ring (bicyclic) bond motifs is 2. The van der Waals surface area contributed by atoms with E-state index in [0.717, 1.165) is 79.5 Å². The summed E-state index contributed by atoms with van der Waals surface area (Å²) in [6.45, 7) is 3.79. The van der Waals surface area contributed by atoms with Crippen LogP contribution in [0.1, 0.15) is 44.1 Å². The molecule has 8 nitrogen and oxygen atoms in total. The monoisotopic (exact) mass is 510 g/mol. The van der Waals surface area contributed by atoms with Crippen molar-refractivity contribution in [2.45, 2.75) is 44.9 Å². The average Bonchev–Trinajstić information content (AvgIpc) is 3.20. The molecule has 0 bridgehead atoms. The van der Waals surface area contributed by atoms with Crippen molar-refractivity contribution in [1.82, 2.24) is 19.5 Å². The predicted molar refractivity (Wildman–Crippen MR) is 150 cm³/mol. The molecule has 1 fully saturated rings. The Bertz CT molecular complexity index is 1430. The van der Waals surface area contributed by atoms with Gasteiger partial charge in [0.1, 0.15) is 5.75 Å². The van der Waals surface area contributed by atoms with Crippen LogP contribution in [-0.4, -0.2) is 51.6 Å². The van der Waals surface area contributed by atoms with Crippen LogP contribution in [0.15, 0.2) is 60.7 Å². The van der Waals surface area contributed by atoms with Gasteiger partial charge in [-0.3, -0.25) is 4.79 Å². The van der Waals surface area contributed by atoms with Crippen molar-refractivity contribution in [2.75, 3.05) is 36.9 Å². The Morgan fingerprint density at radius 1 is 0.921 bits per heavy atom. The lowest BCUT2D eigenvalue weighted by Crippen LogP contribution is -2.32. The number of hydrogen-bond donors (Lipinski definition) is 2. The number of aryl methyl sites for hydroxylation is 1. The van der Waals surface area contributed by atoms with Gasteiger partial charge in [0.15, 0.2) is 5.65 Å². The van der Waals surface area contributed by atoms with E-state index in [1.165, 1.54) is 24.8 Å². The first-order valence-corrected chi connectivity index (χ1v) is 13.7. The summed E-state index contributed by atoms with van der Waals surface area (Å²) in [5, 5.41) is 11.1. The maximum atomic E-state index is 12.5. The molecule has 196 valence electrons. The second-order valence-electron chi connectivity index (χ2n) is 10.2. The van der Waals surface area contributed by atoms with E-state index in [9.17, 15) is 4.79 Å². The van der Waals surface area contributed by atoms with Gasteiger partial charge in [-0.1, -0.05) is 18.6 Å². The number of nitrogens with zero attached hydrogens (tertiary/aromatic N) is 4. The van der Waals surface area contributed by atoms with E-state index < -0.39 is 0 Å². The van der Waals surface area contributed by atoms with E-state index in [2.05, 4.69) is 39.8 Å². The van der Waals surface area contributed by atoms with E-state index in [1.807, 2.05) is 40.9 Å². The minimum absolute atomic E-state index is 0.0365. The molecule has 2 N–H and O–H groups in total. The molecular formula is C30H34N6O2. The zero-order chi connectivity index (χ0) is 25.7. The summed E-state index contributed by atoms with van der Waals surface area (Å²) in [7, 11) is 0. The number of piperidine rings is 1. The number of amides is 1. The zero-order valence-electron chi connectivity index (χ0n) is 21.7. The number of likely N-dealkylation sites (tertiary alicyclic amines) is 1. The van der Waals surface area contributed by atoms with Gasteiger partial charge < -0.3 is 20.3 Å². The first kappa shape index (κ1) is 24.4. The van der Waals surface area contributed by atoms with E-state index in [4.69, 9.17) is 14.8 Å². The van der Waals surface area contributed by atoms with Crippen LogP contribution in [-0.2, 0) is 11.2 Å². The molecule has 1 saturated heterocycles. The summed E-state index contributed by atoms with van der Waals surface area (Å²) < 4.78 is 7.77. The lowest BCUT2D eigenvalue weighted by Gasteiger charge is -2.25. The molecule has 6 rings (SSSR count). The number of carbonyl (C=O) groups is 1. The number of pyridine rings is 1. The SMILES string of the molecule is O=C(CCN1CCCCC1)Nc1cccc(Nc2nc3cccc(-c4ccc5c(c4)CCCCO5)n3n2)c1. The number of carbonyl (C=O) groups excluding carboxylic acids is 1. The highest BCUT2D eigenvalue weighted by Crippen LogP contribution is 2.30. The third kappa shape index (κ3) is 5.65. The topological polar surface area (TPSA) is 83.8 Å². The van der Waals surface area contributed by atoms with E-state index >= 15 is 0 Å². The number of ether oxygens (including phenoxy) is 1. The van der Waals surface area contributed by atoms with E-state index in [0.29, 0.717) is 12.4 Å². The van der Waals surface area contributed by atoms with Gasteiger partial charge in [0.05, 0.1) is 12.3 Å². The van der Waals surface area contributed by atoms with Crippen LogP contribution < -0.4 is 15.4 Å². The Morgan fingerprint density at radius 3 is 2.71 bits per heavy atom. The number of anilines is 3. The Hall–Kier alpha value is -3.91. The van der Waals surface area contributed by atoms with Gasteiger partial charge in [-0.05, 0) is 99.3 Å². The maximum Gasteiger partial charge on any atom is 0.247 e. The normalized spacial score (nSPS) is 15.9. The second kappa shape index (κ2) is 11.2. The number of benzene rings is 2. The molecule has 2 aliphatic rings. The minimum Gasteiger partial charge on any atom is -0.493 e. The molecule has 38 heavy (non-hydrogen) atoms. The van der Waals surface area contributed by atoms with E-state index in [-0.39, 0.29) is 5.91 Å². The smallest absolute Gasteiger partial charge is 0.247 e. The average molecular weight is 511 g/mol. The molecule has 4 heterocycles. The summed E-state index contributed by atoms with van der Waals surface area (Å²) in [5.74, 6) is 1.52. The fourth-order valence-corrected chi connectivity index (χ4v) is 5.32. The number of rotatable bonds is 7. The summed E-state index contributed by atoms with van der Waals surface area (Å²) in [5.41, 5.74) is 5.65. The summed E-state index contributed by atoms with van der Waals surface area (Å²) in [6.07, 6.45) is 7.51. The fraction of sp³-hybridized carbons (Fsp3) is 0.367.